The molecule has 1 aromatic rings. The van der Waals surface area contributed by atoms with Crippen LogP contribution in [0, 0.1) is 5.92 Å². The molecule has 0 aromatic heterocycles. The molecule has 3 heterocycles. The van der Waals surface area contributed by atoms with Gasteiger partial charge in [0.1, 0.15) is 48.8 Å². The Kier molecular flexibility index (Phi) is 13.3. The molecule has 2 saturated heterocycles. The van der Waals surface area contributed by atoms with E-state index in [0.717, 1.165) is 13.4 Å². The summed E-state index contributed by atoms with van der Waals surface area (Å²) in [6, 6.07) is 4.17. The quantitative estimate of drug-likeness (QED) is 0.0767. The molecule has 4 rings (SSSR count). The van der Waals surface area contributed by atoms with Crippen molar-refractivity contribution < 1.29 is 88.7 Å². The molecule has 49 heavy (non-hydrogen) atoms. The molecule has 1 aromatic carbocycles. The predicted octanol–water partition coefficient (Wildman–Crippen LogP) is -3.16. The Balaban J connectivity index is 1.40. The van der Waals surface area contributed by atoms with Gasteiger partial charge in [0, 0.05) is 17.9 Å². The van der Waals surface area contributed by atoms with Gasteiger partial charge in [-0.05, 0) is 24.6 Å². The number of aliphatic hydroxyl groups excluding tert-OH is 8. The number of esters is 2. The predicted molar refractivity (Wildman–Crippen MR) is 159 cm³/mol. The molecule has 274 valence electrons. The van der Waals surface area contributed by atoms with Crippen LogP contribution in [0.5, 0.6) is 11.5 Å². The number of rotatable bonds is 12. The number of phenols is 1. The van der Waals surface area contributed by atoms with Gasteiger partial charge in [0.2, 0.25) is 12.6 Å². The molecule has 0 radical (unpaired) electrons. The van der Waals surface area contributed by atoms with E-state index in [1.807, 2.05) is 0 Å². The molecule has 2 fully saturated rings. The van der Waals surface area contributed by atoms with Crippen LogP contribution in [-0.4, -0.2) is 153 Å². The monoisotopic (exact) mass is 702 g/mol. The Morgan fingerprint density at radius 2 is 1.49 bits per heavy atom. The lowest BCUT2D eigenvalue weighted by atomic mass is 9.86. The first-order chi connectivity index (χ1) is 23.3. The fourth-order valence-electron chi connectivity index (χ4n) is 5.53. The zero-order chi connectivity index (χ0) is 36.0. The molecule has 0 spiro atoms. The molecule has 9 N–H and O–H groups in total. The number of aliphatic hydroxyl groups is 8. The standard InChI is InChI=1S/C31H42O18/c1-3-14-15(16(28(42)43-2)12-45-29(14)49-31-27(41)25(39)23(37)20(11-33)48-31)9-21(35)44-7-6-13-4-5-17(34)18(8-13)46-30-26(40)24(38)22(36)19(10-32)47-30/h3-5,8,12,15,19-20,22-27,29-34,36-41H,6-7,9-11H2,1-2H3/b14-3+/t15-,19+,20+,22+,23+,24-,25-,26+,27+,29-,30+,31-/m0/s1. The molecule has 3 aliphatic rings. The lowest BCUT2D eigenvalue weighted by molar-refractivity contribution is -0.327. The van der Waals surface area contributed by atoms with Crippen LogP contribution in [0.4, 0.5) is 0 Å². The molecule has 18 nitrogen and oxygen atoms in total. The first kappa shape index (κ1) is 38.4. The van der Waals surface area contributed by atoms with Crippen molar-refractivity contribution in [3.8, 4) is 11.5 Å². The zero-order valence-corrected chi connectivity index (χ0v) is 26.5. The molecule has 18 heteroatoms. The Morgan fingerprint density at radius 1 is 0.878 bits per heavy atom. The van der Waals surface area contributed by atoms with E-state index in [9.17, 15) is 55.5 Å². The number of methoxy groups -OCH3 is 1. The number of allylic oxidation sites excluding steroid dienone is 1. The largest absolute Gasteiger partial charge is 0.504 e. The second-order valence-electron chi connectivity index (χ2n) is 11.5. The van der Waals surface area contributed by atoms with Crippen LogP contribution in [0.25, 0.3) is 0 Å². The molecule has 0 aliphatic carbocycles. The highest BCUT2D eigenvalue weighted by Gasteiger charge is 2.47. The number of carbonyl (C=O) groups excluding carboxylic acids is 2. The van der Waals surface area contributed by atoms with Crippen LogP contribution in [0.2, 0.25) is 0 Å². The minimum Gasteiger partial charge on any atom is -0.504 e. The molecule has 0 saturated carbocycles. The molecule has 0 bridgehead atoms. The summed E-state index contributed by atoms with van der Waals surface area (Å²) in [6.07, 6.45) is -14.7. The Hall–Kier alpha value is -3.40. The summed E-state index contributed by atoms with van der Waals surface area (Å²) in [6.45, 7) is 0.0495. The van der Waals surface area contributed by atoms with Crippen molar-refractivity contribution in [3.63, 3.8) is 0 Å². The summed E-state index contributed by atoms with van der Waals surface area (Å²) in [5, 5.41) is 90.0. The third-order valence-corrected chi connectivity index (χ3v) is 8.37. The van der Waals surface area contributed by atoms with Crippen molar-refractivity contribution in [2.75, 3.05) is 26.9 Å². The highest BCUT2D eigenvalue weighted by atomic mass is 16.8. The fraction of sp³-hybridized carbons (Fsp3) is 0.613. The number of benzene rings is 1. The van der Waals surface area contributed by atoms with E-state index in [-0.39, 0.29) is 42.1 Å². The summed E-state index contributed by atoms with van der Waals surface area (Å²) in [5.41, 5.74) is 0.702. The van der Waals surface area contributed by atoms with Crippen molar-refractivity contribution in [3.05, 3.63) is 47.2 Å². The molecule has 3 aliphatic heterocycles. The normalized spacial score (nSPS) is 35.6. The lowest BCUT2D eigenvalue weighted by Gasteiger charge is -2.41. The van der Waals surface area contributed by atoms with Gasteiger partial charge in [-0.15, -0.1) is 0 Å². The molecule has 0 unspecified atom stereocenters. The van der Waals surface area contributed by atoms with Crippen LogP contribution < -0.4 is 4.74 Å². The maximum absolute atomic E-state index is 13.0. The number of ether oxygens (including phenoxy) is 7. The smallest absolute Gasteiger partial charge is 0.337 e. The van der Waals surface area contributed by atoms with Crippen LogP contribution >= 0.6 is 0 Å². The number of carbonyl (C=O) groups is 2. The lowest BCUT2D eigenvalue weighted by Crippen LogP contribution is -2.60. The highest BCUT2D eigenvalue weighted by Crippen LogP contribution is 2.36. The zero-order valence-electron chi connectivity index (χ0n) is 26.5. The summed E-state index contributed by atoms with van der Waals surface area (Å²) in [5.74, 6) is -3.05. The van der Waals surface area contributed by atoms with E-state index < -0.39 is 98.8 Å². The van der Waals surface area contributed by atoms with E-state index in [1.54, 1.807) is 6.92 Å². The number of hydrogen-bond acceptors (Lipinski definition) is 18. The van der Waals surface area contributed by atoms with Gasteiger partial charge in [-0.2, -0.15) is 0 Å². The van der Waals surface area contributed by atoms with E-state index in [4.69, 9.17) is 33.2 Å². The second kappa shape index (κ2) is 17.0. The Bertz CT molecular complexity index is 1350. The number of aromatic hydroxyl groups is 1. The maximum atomic E-state index is 13.0. The summed E-state index contributed by atoms with van der Waals surface area (Å²) in [4.78, 5) is 25.6. The SMILES string of the molecule is C/C=C1/[C@H](O[C@@H]2O[C@H](CO)[C@@H](O)[C@H](O)[C@H]2O)OC=C(C(=O)OC)[C@H]1CC(=O)OCCc1ccc(O)c(O[C@@H]2O[C@H](CO)[C@@H](O)[C@H](O)[C@H]2O)c1. The molecule has 12 atom stereocenters. The van der Waals surface area contributed by atoms with Gasteiger partial charge in [-0.3, -0.25) is 4.79 Å². The molecular formula is C31H42O18. The average molecular weight is 703 g/mol. The maximum Gasteiger partial charge on any atom is 0.337 e. The van der Waals surface area contributed by atoms with Gasteiger partial charge in [0.15, 0.2) is 17.8 Å². The minimum absolute atomic E-state index is 0.0466. The van der Waals surface area contributed by atoms with E-state index in [0.29, 0.717) is 5.56 Å². The van der Waals surface area contributed by atoms with E-state index >= 15 is 0 Å². The van der Waals surface area contributed by atoms with Gasteiger partial charge >= 0.3 is 11.9 Å². The second-order valence-corrected chi connectivity index (χ2v) is 11.5. The first-order valence-electron chi connectivity index (χ1n) is 15.4. The highest BCUT2D eigenvalue weighted by molar-refractivity contribution is 5.90. The van der Waals surface area contributed by atoms with E-state index in [2.05, 4.69) is 0 Å². The average Bonchev–Trinajstić information content (AvgIpc) is 3.09. The van der Waals surface area contributed by atoms with E-state index in [1.165, 1.54) is 24.3 Å². The fourth-order valence-corrected chi connectivity index (χ4v) is 5.53. The van der Waals surface area contributed by atoms with Crippen LogP contribution in [0.1, 0.15) is 18.9 Å². The summed E-state index contributed by atoms with van der Waals surface area (Å²) >= 11 is 0. The van der Waals surface area contributed by atoms with Gasteiger partial charge in [-0.25, -0.2) is 4.79 Å². The molecule has 0 amide bonds. The van der Waals surface area contributed by atoms with Crippen LogP contribution in [0.15, 0.2) is 41.7 Å². The summed E-state index contributed by atoms with van der Waals surface area (Å²) in [7, 11) is 1.14. The summed E-state index contributed by atoms with van der Waals surface area (Å²) < 4.78 is 37.8. The van der Waals surface area contributed by atoms with Crippen molar-refractivity contribution in [2.24, 2.45) is 5.92 Å². The first-order valence-corrected chi connectivity index (χ1v) is 15.4. The van der Waals surface area contributed by atoms with Gasteiger partial charge in [-0.1, -0.05) is 12.1 Å². The molecular weight excluding hydrogens is 660 g/mol. The minimum atomic E-state index is -1.74. The van der Waals surface area contributed by atoms with Crippen LogP contribution in [0.3, 0.4) is 0 Å². The van der Waals surface area contributed by atoms with Crippen molar-refractivity contribution in [1.29, 1.82) is 0 Å². The third-order valence-electron chi connectivity index (χ3n) is 8.37. The van der Waals surface area contributed by atoms with Gasteiger partial charge < -0.3 is 79.1 Å². The van der Waals surface area contributed by atoms with Crippen LogP contribution in [-0.2, 0) is 44.4 Å². The van der Waals surface area contributed by atoms with Gasteiger partial charge in [0.05, 0.1) is 45.2 Å². The van der Waals surface area contributed by atoms with Crippen molar-refractivity contribution in [2.45, 2.75) is 87.5 Å². The van der Waals surface area contributed by atoms with Crippen molar-refractivity contribution in [1.82, 2.24) is 0 Å². The topological polar surface area (TPSA) is 281 Å². The number of hydrogen-bond donors (Lipinski definition) is 9. The number of phenolic OH excluding ortho intramolecular Hbond substituents is 1. The Morgan fingerprint density at radius 3 is 2.08 bits per heavy atom. The third kappa shape index (κ3) is 8.67. The van der Waals surface area contributed by atoms with Crippen molar-refractivity contribution >= 4 is 11.9 Å². The van der Waals surface area contributed by atoms with Gasteiger partial charge in [0.25, 0.3) is 0 Å². The Labute approximate surface area is 279 Å².